The molecule has 0 bridgehead atoms. The summed E-state index contributed by atoms with van der Waals surface area (Å²) in [6.45, 7) is 5.38. The minimum absolute atomic E-state index is 0.0556. The van der Waals surface area contributed by atoms with Gasteiger partial charge >= 0.3 is 0 Å². The summed E-state index contributed by atoms with van der Waals surface area (Å²) in [6, 6.07) is 5.57. The van der Waals surface area contributed by atoms with Gasteiger partial charge in [0.25, 0.3) is 0 Å². The summed E-state index contributed by atoms with van der Waals surface area (Å²) in [5, 5.41) is 7.81. The molecule has 0 saturated carbocycles. The van der Waals surface area contributed by atoms with Gasteiger partial charge < -0.3 is 15.0 Å². The minimum Gasteiger partial charge on any atom is -0.378 e. The van der Waals surface area contributed by atoms with Crippen LogP contribution in [0.1, 0.15) is 12.0 Å². The SMILES string of the molecule is Cc1cnn(CCC(=O)Nc2cccc(Cl)c2N2CCOCC2)c1. The van der Waals surface area contributed by atoms with Crippen molar-refractivity contribution in [3.05, 3.63) is 41.2 Å². The standard InChI is InChI=1S/C17H21ClN4O2/c1-13-11-19-22(12-13)6-5-16(23)20-15-4-2-3-14(18)17(15)21-7-9-24-10-8-21/h2-4,11-12H,5-10H2,1H3,(H,20,23). The monoisotopic (exact) mass is 348 g/mol. The number of amides is 1. The average Bonchev–Trinajstić information content (AvgIpc) is 2.99. The Balaban J connectivity index is 1.67. The Morgan fingerprint density at radius 3 is 2.88 bits per heavy atom. The van der Waals surface area contributed by atoms with E-state index < -0.39 is 0 Å². The Bertz CT molecular complexity index is 710. The summed E-state index contributed by atoms with van der Waals surface area (Å²) in [7, 11) is 0. The van der Waals surface area contributed by atoms with Crippen LogP contribution in [0.25, 0.3) is 0 Å². The highest BCUT2D eigenvalue weighted by atomic mass is 35.5. The van der Waals surface area contributed by atoms with Gasteiger partial charge in [-0.1, -0.05) is 17.7 Å². The van der Waals surface area contributed by atoms with E-state index >= 15 is 0 Å². The van der Waals surface area contributed by atoms with Gasteiger partial charge in [-0.2, -0.15) is 5.10 Å². The molecule has 0 spiro atoms. The number of carbonyl (C=O) groups excluding carboxylic acids is 1. The fourth-order valence-corrected chi connectivity index (χ4v) is 3.04. The van der Waals surface area contributed by atoms with Crippen LogP contribution in [0.2, 0.25) is 5.02 Å². The van der Waals surface area contributed by atoms with Crippen molar-refractivity contribution >= 4 is 28.9 Å². The van der Waals surface area contributed by atoms with Gasteiger partial charge in [0.15, 0.2) is 0 Å². The Labute approximate surface area is 146 Å². The third-order valence-corrected chi connectivity index (χ3v) is 4.22. The van der Waals surface area contributed by atoms with E-state index in [2.05, 4.69) is 15.3 Å². The smallest absolute Gasteiger partial charge is 0.226 e. The van der Waals surface area contributed by atoms with E-state index in [-0.39, 0.29) is 5.91 Å². The zero-order valence-electron chi connectivity index (χ0n) is 13.7. The molecule has 0 atom stereocenters. The molecule has 2 aromatic rings. The zero-order chi connectivity index (χ0) is 16.9. The first-order chi connectivity index (χ1) is 11.6. The number of benzene rings is 1. The van der Waals surface area contributed by atoms with Crippen LogP contribution in [-0.4, -0.2) is 42.0 Å². The number of carbonyl (C=O) groups is 1. The fraction of sp³-hybridized carbons (Fsp3) is 0.412. The third kappa shape index (κ3) is 4.07. The molecule has 1 saturated heterocycles. The summed E-state index contributed by atoms with van der Waals surface area (Å²) in [5.41, 5.74) is 2.69. The number of rotatable bonds is 5. The number of aryl methyl sites for hydroxylation is 2. The largest absolute Gasteiger partial charge is 0.378 e. The lowest BCUT2D eigenvalue weighted by Gasteiger charge is -2.31. The highest BCUT2D eigenvalue weighted by Crippen LogP contribution is 2.34. The molecule has 1 aliphatic rings. The summed E-state index contributed by atoms with van der Waals surface area (Å²) >= 11 is 6.37. The zero-order valence-corrected chi connectivity index (χ0v) is 14.4. The molecular weight excluding hydrogens is 328 g/mol. The average molecular weight is 349 g/mol. The maximum absolute atomic E-state index is 12.3. The number of morpholine rings is 1. The lowest BCUT2D eigenvalue weighted by atomic mass is 10.2. The molecular formula is C17H21ClN4O2. The van der Waals surface area contributed by atoms with E-state index in [0.29, 0.717) is 31.2 Å². The maximum atomic E-state index is 12.3. The van der Waals surface area contributed by atoms with Crippen molar-refractivity contribution in [3.8, 4) is 0 Å². The van der Waals surface area contributed by atoms with Crippen LogP contribution in [0.15, 0.2) is 30.6 Å². The first-order valence-electron chi connectivity index (χ1n) is 8.03. The van der Waals surface area contributed by atoms with Crippen LogP contribution < -0.4 is 10.2 Å². The Kier molecular flexibility index (Phi) is 5.37. The number of hydrogen-bond donors (Lipinski definition) is 1. The Morgan fingerprint density at radius 1 is 1.38 bits per heavy atom. The molecule has 1 fully saturated rings. The van der Waals surface area contributed by atoms with E-state index in [1.807, 2.05) is 31.3 Å². The minimum atomic E-state index is -0.0556. The topological polar surface area (TPSA) is 59.4 Å². The van der Waals surface area contributed by atoms with E-state index in [0.717, 1.165) is 30.0 Å². The van der Waals surface area contributed by atoms with E-state index in [9.17, 15) is 4.79 Å². The molecule has 24 heavy (non-hydrogen) atoms. The van der Waals surface area contributed by atoms with Crippen molar-refractivity contribution in [1.82, 2.24) is 9.78 Å². The summed E-state index contributed by atoms with van der Waals surface area (Å²) in [5.74, 6) is -0.0556. The van der Waals surface area contributed by atoms with E-state index in [1.54, 1.807) is 10.9 Å². The molecule has 0 aliphatic carbocycles. The van der Waals surface area contributed by atoms with Gasteiger partial charge in [-0.15, -0.1) is 0 Å². The van der Waals surface area contributed by atoms with Crippen LogP contribution in [0.5, 0.6) is 0 Å². The molecule has 7 heteroatoms. The first-order valence-corrected chi connectivity index (χ1v) is 8.41. The molecule has 2 heterocycles. The fourth-order valence-electron chi connectivity index (χ4n) is 2.74. The van der Waals surface area contributed by atoms with Crippen LogP contribution in [0.3, 0.4) is 0 Å². The van der Waals surface area contributed by atoms with Crippen LogP contribution in [0.4, 0.5) is 11.4 Å². The lowest BCUT2D eigenvalue weighted by molar-refractivity contribution is -0.116. The molecule has 1 amide bonds. The van der Waals surface area contributed by atoms with Gasteiger partial charge in [0, 0.05) is 32.3 Å². The number of aromatic nitrogens is 2. The molecule has 3 rings (SSSR count). The van der Waals surface area contributed by atoms with Crippen molar-refractivity contribution in [1.29, 1.82) is 0 Å². The van der Waals surface area contributed by atoms with E-state index in [4.69, 9.17) is 16.3 Å². The van der Waals surface area contributed by atoms with E-state index in [1.165, 1.54) is 0 Å². The number of hydrogen-bond acceptors (Lipinski definition) is 4. The second-order valence-corrected chi connectivity index (χ2v) is 6.22. The van der Waals surface area contributed by atoms with Crippen LogP contribution in [-0.2, 0) is 16.1 Å². The van der Waals surface area contributed by atoms with Crippen LogP contribution >= 0.6 is 11.6 Å². The number of halogens is 1. The summed E-state index contributed by atoms with van der Waals surface area (Å²) in [6.07, 6.45) is 4.06. The Hall–Kier alpha value is -2.05. The Morgan fingerprint density at radius 2 is 2.17 bits per heavy atom. The highest BCUT2D eigenvalue weighted by Gasteiger charge is 2.19. The number of anilines is 2. The van der Waals surface area contributed by atoms with Crippen LogP contribution in [0, 0.1) is 6.92 Å². The normalized spacial score (nSPS) is 14.7. The van der Waals surface area contributed by atoms with Crippen molar-refractivity contribution in [3.63, 3.8) is 0 Å². The van der Waals surface area contributed by atoms with Crippen molar-refractivity contribution < 1.29 is 9.53 Å². The molecule has 128 valence electrons. The quantitative estimate of drug-likeness (QED) is 0.902. The molecule has 0 radical (unpaired) electrons. The second-order valence-electron chi connectivity index (χ2n) is 5.81. The molecule has 6 nitrogen and oxygen atoms in total. The number of ether oxygens (including phenoxy) is 1. The molecule has 1 N–H and O–H groups in total. The molecule has 1 aliphatic heterocycles. The number of nitrogens with zero attached hydrogens (tertiary/aromatic N) is 3. The predicted molar refractivity (Wildman–Crippen MR) is 94.7 cm³/mol. The van der Waals surface area contributed by atoms with Gasteiger partial charge in [-0.3, -0.25) is 9.48 Å². The van der Waals surface area contributed by atoms with Crippen molar-refractivity contribution in [2.75, 3.05) is 36.5 Å². The molecule has 0 unspecified atom stereocenters. The lowest BCUT2D eigenvalue weighted by Crippen LogP contribution is -2.37. The number of nitrogens with one attached hydrogen (secondary N) is 1. The van der Waals surface area contributed by atoms with Gasteiger partial charge in [0.05, 0.1) is 35.8 Å². The molecule has 1 aromatic heterocycles. The predicted octanol–water partition coefficient (Wildman–Crippen LogP) is 2.71. The van der Waals surface area contributed by atoms with Crippen molar-refractivity contribution in [2.45, 2.75) is 19.9 Å². The van der Waals surface area contributed by atoms with Gasteiger partial charge in [0.1, 0.15) is 0 Å². The molecule has 1 aromatic carbocycles. The third-order valence-electron chi connectivity index (χ3n) is 3.92. The summed E-state index contributed by atoms with van der Waals surface area (Å²) in [4.78, 5) is 14.5. The van der Waals surface area contributed by atoms with Gasteiger partial charge in [-0.25, -0.2) is 0 Å². The second kappa shape index (κ2) is 7.68. The first kappa shape index (κ1) is 16.8. The number of para-hydroxylation sites is 1. The van der Waals surface area contributed by atoms with Gasteiger partial charge in [-0.05, 0) is 24.6 Å². The summed E-state index contributed by atoms with van der Waals surface area (Å²) < 4.78 is 7.16. The maximum Gasteiger partial charge on any atom is 0.226 e. The van der Waals surface area contributed by atoms with Gasteiger partial charge in [0.2, 0.25) is 5.91 Å². The highest BCUT2D eigenvalue weighted by molar-refractivity contribution is 6.34. The van der Waals surface area contributed by atoms with Crippen molar-refractivity contribution in [2.24, 2.45) is 0 Å².